The van der Waals surface area contributed by atoms with Crippen LogP contribution in [0.4, 0.5) is 0 Å². The fourth-order valence-corrected chi connectivity index (χ4v) is 5.12. The molecule has 0 bridgehead atoms. The zero-order valence-corrected chi connectivity index (χ0v) is 26.1. The second kappa shape index (κ2) is 22.3. The number of aliphatic hydroxyl groups is 1. The number of hydrogen-bond acceptors (Lipinski definition) is 9. The lowest BCUT2D eigenvalue weighted by Gasteiger charge is -2.44. The molecule has 1 aliphatic rings. The number of unbranched alkanes of at least 4 members (excludes halogenated alkanes) is 14. The largest absolute Gasteiger partial charge is 0.479 e. The van der Waals surface area contributed by atoms with E-state index in [1.807, 2.05) is 0 Å². The summed E-state index contributed by atoms with van der Waals surface area (Å²) in [7, 11) is 0. The Labute approximate surface area is 251 Å². The average molecular weight is 602 g/mol. The number of ether oxygens (including phenoxy) is 4. The monoisotopic (exact) mass is 601 g/mol. The summed E-state index contributed by atoms with van der Waals surface area (Å²) in [6, 6.07) is -1.22. The fourth-order valence-electron chi connectivity index (χ4n) is 5.12. The predicted octanol–water partition coefficient (Wildman–Crippen LogP) is 4.80. The highest BCUT2D eigenvalue weighted by Gasteiger charge is 2.50. The Balaban J connectivity index is 2.39. The van der Waals surface area contributed by atoms with Crippen molar-refractivity contribution < 1.29 is 48.3 Å². The maximum Gasteiger partial charge on any atom is 0.332 e. The number of esters is 2. The van der Waals surface area contributed by atoms with Gasteiger partial charge in [-0.25, -0.2) is 4.79 Å². The first-order valence-corrected chi connectivity index (χ1v) is 15.9. The topological polar surface area (TPSA) is 158 Å². The lowest BCUT2D eigenvalue weighted by molar-refractivity contribution is -0.272. The zero-order chi connectivity index (χ0) is 31.3. The molecule has 1 fully saturated rings. The van der Waals surface area contributed by atoms with Crippen molar-refractivity contribution in [2.75, 3.05) is 6.61 Å². The first-order valence-electron chi connectivity index (χ1n) is 15.9. The Kier molecular flexibility index (Phi) is 20.1. The third-order valence-corrected chi connectivity index (χ3v) is 7.44. The van der Waals surface area contributed by atoms with Crippen molar-refractivity contribution in [1.82, 2.24) is 5.32 Å². The van der Waals surface area contributed by atoms with Gasteiger partial charge in [0, 0.05) is 20.3 Å². The maximum absolute atomic E-state index is 12.4. The van der Waals surface area contributed by atoms with Crippen LogP contribution in [0.25, 0.3) is 0 Å². The Morgan fingerprint density at radius 1 is 0.810 bits per heavy atom. The zero-order valence-electron chi connectivity index (χ0n) is 26.1. The number of amides is 1. The van der Waals surface area contributed by atoms with Crippen LogP contribution in [0.15, 0.2) is 0 Å². The number of nitrogens with one attached hydrogen (secondary N) is 1. The molecular weight excluding hydrogens is 546 g/mol. The molecular formula is C31H55NO10. The molecule has 1 saturated heterocycles. The molecule has 1 unspecified atom stereocenters. The van der Waals surface area contributed by atoms with Gasteiger partial charge in [0.1, 0.15) is 24.9 Å². The second-order valence-corrected chi connectivity index (χ2v) is 11.3. The molecule has 11 heteroatoms. The number of carboxylic acids is 1. The van der Waals surface area contributed by atoms with E-state index in [2.05, 4.69) is 12.2 Å². The van der Waals surface area contributed by atoms with Crippen molar-refractivity contribution in [3.8, 4) is 0 Å². The van der Waals surface area contributed by atoms with E-state index < -0.39 is 60.6 Å². The SMILES string of the molecule is CCCCCCCCCCCCCCCCCC(=O)OC[C@H]1OC(O)[C@H](NC(C)=O)[C@@H](O[C@H](C)C(=O)O)[C@@H]1OC(C)=O. The third-order valence-electron chi connectivity index (χ3n) is 7.44. The van der Waals surface area contributed by atoms with Crippen molar-refractivity contribution in [1.29, 1.82) is 0 Å². The van der Waals surface area contributed by atoms with Crippen LogP contribution >= 0.6 is 0 Å². The van der Waals surface area contributed by atoms with Crippen molar-refractivity contribution in [3.63, 3.8) is 0 Å². The number of carbonyl (C=O) groups excluding carboxylic acids is 3. The van der Waals surface area contributed by atoms with Gasteiger partial charge in [0.15, 0.2) is 18.5 Å². The Morgan fingerprint density at radius 2 is 1.31 bits per heavy atom. The molecule has 3 N–H and O–H groups in total. The van der Waals surface area contributed by atoms with Crippen molar-refractivity contribution in [2.45, 2.75) is 167 Å². The first-order chi connectivity index (χ1) is 20.1. The first kappa shape index (κ1) is 37.8. The van der Waals surface area contributed by atoms with Crippen molar-refractivity contribution in [2.24, 2.45) is 0 Å². The molecule has 0 aliphatic carbocycles. The van der Waals surface area contributed by atoms with Crippen LogP contribution < -0.4 is 5.32 Å². The van der Waals surface area contributed by atoms with Gasteiger partial charge >= 0.3 is 17.9 Å². The average Bonchev–Trinajstić information content (AvgIpc) is 2.92. The summed E-state index contributed by atoms with van der Waals surface area (Å²) in [5.41, 5.74) is 0. The summed E-state index contributed by atoms with van der Waals surface area (Å²) in [6.45, 7) is 5.52. The van der Waals surface area contributed by atoms with Gasteiger partial charge in [0.05, 0.1) is 0 Å². The highest BCUT2D eigenvalue weighted by atomic mass is 16.7. The quantitative estimate of drug-likeness (QED) is 0.110. The van der Waals surface area contributed by atoms with Crippen LogP contribution in [0.5, 0.6) is 0 Å². The third kappa shape index (κ3) is 16.4. The van der Waals surface area contributed by atoms with E-state index in [1.165, 1.54) is 84.5 Å². The van der Waals surface area contributed by atoms with Crippen molar-refractivity contribution in [3.05, 3.63) is 0 Å². The van der Waals surface area contributed by atoms with Gasteiger partial charge in [-0.3, -0.25) is 14.4 Å². The van der Waals surface area contributed by atoms with Gasteiger partial charge in [-0.05, 0) is 13.3 Å². The van der Waals surface area contributed by atoms with E-state index in [4.69, 9.17) is 18.9 Å². The van der Waals surface area contributed by atoms with Crippen LogP contribution in [-0.2, 0) is 38.1 Å². The molecule has 42 heavy (non-hydrogen) atoms. The second-order valence-electron chi connectivity index (χ2n) is 11.3. The summed E-state index contributed by atoms with van der Waals surface area (Å²) >= 11 is 0. The van der Waals surface area contributed by atoms with E-state index in [0.717, 1.165) is 26.2 Å². The molecule has 0 aromatic heterocycles. The van der Waals surface area contributed by atoms with Gasteiger partial charge in [0.2, 0.25) is 5.91 Å². The van der Waals surface area contributed by atoms with Gasteiger partial charge in [-0.15, -0.1) is 0 Å². The molecule has 0 saturated carbocycles. The van der Waals surface area contributed by atoms with Crippen LogP contribution in [0.1, 0.15) is 130 Å². The molecule has 0 aromatic rings. The van der Waals surface area contributed by atoms with Crippen LogP contribution in [-0.4, -0.2) is 77.4 Å². The Morgan fingerprint density at radius 3 is 1.76 bits per heavy atom. The van der Waals surface area contributed by atoms with Crippen LogP contribution in [0, 0.1) is 0 Å². The molecule has 0 aromatic carbocycles. The Hall–Kier alpha value is -2.24. The van der Waals surface area contributed by atoms with E-state index in [1.54, 1.807) is 0 Å². The molecule has 11 nitrogen and oxygen atoms in total. The number of carboxylic acid groups (broad SMARTS) is 1. The van der Waals surface area contributed by atoms with Gasteiger partial charge in [-0.1, -0.05) is 96.8 Å². The molecule has 244 valence electrons. The minimum Gasteiger partial charge on any atom is -0.479 e. The van der Waals surface area contributed by atoms with Gasteiger partial charge < -0.3 is 34.5 Å². The summed E-state index contributed by atoms with van der Waals surface area (Å²) in [4.78, 5) is 47.3. The fraction of sp³-hybridized carbons (Fsp3) is 0.871. The summed E-state index contributed by atoms with van der Waals surface area (Å²) < 4.78 is 21.8. The van der Waals surface area contributed by atoms with Crippen molar-refractivity contribution >= 4 is 23.8 Å². The lowest BCUT2D eigenvalue weighted by atomic mass is 9.96. The number of carbonyl (C=O) groups is 4. The van der Waals surface area contributed by atoms with E-state index in [9.17, 15) is 29.4 Å². The number of rotatable bonds is 23. The highest BCUT2D eigenvalue weighted by Crippen LogP contribution is 2.27. The van der Waals surface area contributed by atoms with Gasteiger partial charge in [-0.2, -0.15) is 0 Å². The molecule has 1 amide bonds. The molecule has 6 atom stereocenters. The smallest absolute Gasteiger partial charge is 0.332 e. The predicted molar refractivity (Wildman–Crippen MR) is 157 cm³/mol. The normalized spacial score (nSPS) is 22.7. The number of hydrogen-bond donors (Lipinski definition) is 3. The van der Waals surface area contributed by atoms with Crippen LogP contribution in [0.3, 0.4) is 0 Å². The molecule has 1 heterocycles. The van der Waals surface area contributed by atoms with Crippen LogP contribution in [0.2, 0.25) is 0 Å². The van der Waals surface area contributed by atoms with E-state index >= 15 is 0 Å². The summed E-state index contributed by atoms with van der Waals surface area (Å²) in [5, 5.41) is 22.3. The maximum atomic E-state index is 12.4. The summed E-state index contributed by atoms with van der Waals surface area (Å²) in [6.07, 6.45) is 11.9. The van der Waals surface area contributed by atoms with Gasteiger partial charge in [0.25, 0.3) is 0 Å². The van der Waals surface area contributed by atoms with E-state index in [-0.39, 0.29) is 13.0 Å². The highest BCUT2D eigenvalue weighted by molar-refractivity contribution is 5.73. The minimum absolute atomic E-state index is 0.219. The molecule has 0 radical (unpaired) electrons. The minimum atomic E-state index is -1.62. The Bertz CT molecular complexity index is 792. The standard InChI is InChI=1S/C31H55NO10/c1-5-6-7-8-9-10-11-12-13-14-15-16-17-18-19-20-26(35)39-21-25-28(41-24(4)34)29(40-22(2)30(36)37)27(31(38)42-25)32-23(3)33/h22,25,27-29,31,38H,5-21H2,1-4H3,(H,32,33)(H,36,37)/t22-,25-,27-,28-,29-,31?/m1/s1. The molecule has 1 rings (SSSR count). The molecule has 0 spiro atoms. The molecule has 1 aliphatic heterocycles. The van der Waals surface area contributed by atoms with E-state index in [0.29, 0.717) is 6.42 Å². The number of aliphatic carboxylic acids is 1. The summed E-state index contributed by atoms with van der Waals surface area (Å²) in [5.74, 6) is -2.99. The number of aliphatic hydroxyl groups excluding tert-OH is 1. The lowest BCUT2D eigenvalue weighted by Crippen LogP contribution is -2.66.